The van der Waals surface area contributed by atoms with E-state index < -0.39 is 12.0 Å². The number of carbonyl (C=O) groups excluding carboxylic acids is 1. The number of urea groups is 1. The number of hydrogen-bond donors (Lipinski definition) is 3. The van der Waals surface area contributed by atoms with Crippen LogP contribution in [0.25, 0.3) is 0 Å². The van der Waals surface area contributed by atoms with Gasteiger partial charge < -0.3 is 10.5 Å². The van der Waals surface area contributed by atoms with Crippen LogP contribution < -0.4 is 20.7 Å². The topological polar surface area (TPSA) is 104 Å². The van der Waals surface area contributed by atoms with Gasteiger partial charge in [0.2, 0.25) is 5.88 Å². The Morgan fingerprint density at radius 2 is 2.38 bits per heavy atom. The molecule has 7 heteroatoms. The van der Waals surface area contributed by atoms with Crippen molar-refractivity contribution in [2.45, 2.75) is 0 Å². The van der Waals surface area contributed by atoms with Crippen molar-refractivity contribution in [3.63, 3.8) is 0 Å². The lowest BCUT2D eigenvalue weighted by Crippen LogP contribution is -2.43. The summed E-state index contributed by atoms with van der Waals surface area (Å²) in [6.45, 7) is 0. The number of nitrogens with one attached hydrogen (secondary N) is 2. The van der Waals surface area contributed by atoms with E-state index in [0.29, 0.717) is 11.6 Å². The molecule has 1 aromatic heterocycles. The minimum absolute atomic E-state index is 0.323. The molecule has 0 bridgehead atoms. The highest BCUT2D eigenvalue weighted by molar-refractivity contribution is 6.02. The Morgan fingerprint density at radius 1 is 1.69 bits per heavy atom. The van der Waals surface area contributed by atoms with Gasteiger partial charge in [0.1, 0.15) is 5.69 Å². The number of nitrogens with zero attached hydrogens (tertiary/aromatic N) is 2. The average Bonchev–Trinajstić information content (AvgIpc) is 2.27. The highest BCUT2D eigenvalue weighted by Gasteiger charge is 2.15. The fraction of sp³-hybridized carbons (Fsp3) is 0.222. The number of aromatic nitrogens is 1. The monoisotopic (exact) mass is 223 g/mol. The second kappa shape index (κ2) is 4.96. The van der Waals surface area contributed by atoms with E-state index in [9.17, 15) is 4.79 Å². The summed E-state index contributed by atoms with van der Waals surface area (Å²) in [6.07, 6.45) is 1.55. The van der Waals surface area contributed by atoms with Crippen molar-refractivity contribution >= 4 is 17.7 Å². The van der Waals surface area contributed by atoms with Gasteiger partial charge in [0.25, 0.3) is 0 Å². The van der Waals surface area contributed by atoms with Crippen molar-refractivity contribution in [3.8, 4) is 5.88 Å². The molecule has 0 aliphatic heterocycles. The molecule has 1 aromatic rings. The highest BCUT2D eigenvalue weighted by Crippen LogP contribution is 2.23. The Kier molecular flexibility index (Phi) is 3.65. The van der Waals surface area contributed by atoms with Gasteiger partial charge in [-0.1, -0.05) is 0 Å². The van der Waals surface area contributed by atoms with Crippen LogP contribution in [-0.4, -0.2) is 31.1 Å². The van der Waals surface area contributed by atoms with E-state index in [1.54, 1.807) is 18.3 Å². The number of amides is 2. The molecule has 2 amide bonds. The Hall–Kier alpha value is -2.31. The average molecular weight is 223 g/mol. The zero-order valence-corrected chi connectivity index (χ0v) is 9.02. The van der Waals surface area contributed by atoms with Crippen LogP contribution in [0, 0.1) is 5.41 Å². The van der Waals surface area contributed by atoms with Gasteiger partial charge in [-0.2, -0.15) is 0 Å². The van der Waals surface area contributed by atoms with Crippen LogP contribution in [-0.2, 0) is 0 Å². The fourth-order valence-electron chi connectivity index (χ4n) is 1.10. The highest BCUT2D eigenvalue weighted by atomic mass is 16.5. The second-order valence-electron chi connectivity index (χ2n) is 2.93. The Balaban J connectivity index is 2.91. The SMILES string of the molecule is COc1ncccc1N(C)C(=O)NC(=N)N. The normalized spacial score (nSPS) is 9.38. The molecule has 0 aliphatic carbocycles. The van der Waals surface area contributed by atoms with Gasteiger partial charge in [-0.05, 0) is 12.1 Å². The number of methoxy groups -OCH3 is 1. The third kappa shape index (κ3) is 2.59. The summed E-state index contributed by atoms with van der Waals surface area (Å²) in [6, 6.07) is 2.82. The molecule has 1 heterocycles. The van der Waals surface area contributed by atoms with Crippen molar-refractivity contribution in [1.29, 1.82) is 5.41 Å². The summed E-state index contributed by atoms with van der Waals surface area (Å²) < 4.78 is 5.00. The number of rotatable bonds is 2. The Morgan fingerprint density at radius 3 is 2.94 bits per heavy atom. The first-order chi connectivity index (χ1) is 7.56. The largest absolute Gasteiger partial charge is 0.480 e. The first-order valence-electron chi connectivity index (χ1n) is 4.44. The van der Waals surface area contributed by atoms with Crippen LogP contribution >= 0.6 is 0 Å². The van der Waals surface area contributed by atoms with Gasteiger partial charge >= 0.3 is 6.03 Å². The molecule has 0 atom stereocenters. The Bertz CT molecular complexity index is 407. The second-order valence-corrected chi connectivity index (χ2v) is 2.93. The molecule has 0 spiro atoms. The van der Waals surface area contributed by atoms with Crippen LogP contribution in [0.4, 0.5) is 10.5 Å². The number of carbonyl (C=O) groups is 1. The molecule has 16 heavy (non-hydrogen) atoms. The van der Waals surface area contributed by atoms with E-state index in [0.717, 1.165) is 0 Å². The van der Waals surface area contributed by atoms with Gasteiger partial charge in [-0.3, -0.25) is 15.6 Å². The van der Waals surface area contributed by atoms with Crippen molar-refractivity contribution in [3.05, 3.63) is 18.3 Å². The summed E-state index contributed by atoms with van der Waals surface area (Å²) >= 11 is 0. The molecule has 0 radical (unpaired) electrons. The van der Waals surface area contributed by atoms with Crippen molar-refractivity contribution in [2.75, 3.05) is 19.1 Å². The van der Waals surface area contributed by atoms with E-state index in [-0.39, 0.29) is 0 Å². The van der Waals surface area contributed by atoms with Gasteiger partial charge in [-0.15, -0.1) is 0 Å². The van der Waals surface area contributed by atoms with Crippen LogP contribution in [0.3, 0.4) is 0 Å². The molecule has 7 nitrogen and oxygen atoms in total. The van der Waals surface area contributed by atoms with Crippen LogP contribution in [0.15, 0.2) is 18.3 Å². The number of nitrogens with two attached hydrogens (primary N) is 1. The predicted octanol–water partition coefficient (Wildman–Crippen LogP) is 0.129. The van der Waals surface area contributed by atoms with Gasteiger partial charge in [0.15, 0.2) is 5.96 Å². The summed E-state index contributed by atoms with van der Waals surface area (Å²) in [4.78, 5) is 16.7. The van der Waals surface area contributed by atoms with Gasteiger partial charge in [-0.25, -0.2) is 9.78 Å². The maximum Gasteiger partial charge on any atom is 0.328 e. The molecule has 0 aromatic carbocycles. The molecule has 0 saturated heterocycles. The number of guanidine groups is 1. The van der Waals surface area contributed by atoms with Gasteiger partial charge in [0, 0.05) is 13.2 Å². The summed E-state index contributed by atoms with van der Waals surface area (Å²) in [5.41, 5.74) is 5.55. The molecular formula is C9H13N5O2. The first-order valence-corrected chi connectivity index (χ1v) is 4.44. The van der Waals surface area contributed by atoms with Crippen molar-refractivity contribution in [2.24, 2.45) is 5.73 Å². The van der Waals surface area contributed by atoms with Crippen molar-refractivity contribution in [1.82, 2.24) is 10.3 Å². The van der Waals surface area contributed by atoms with Crippen LogP contribution in [0.2, 0.25) is 0 Å². The van der Waals surface area contributed by atoms with Crippen LogP contribution in [0.1, 0.15) is 0 Å². The smallest absolute Gasteiger partial charge is 0.328 e. The van der Waals surface area contributed by atoms with E-state index >= 15 is 0 Å². The van der Waals surface area contributed by atoms with E-state index in [1.165, 1.54) is 19.1 Å². The molecule has 0 aliphatic rings. The summed E-state index contributed by atoms with van der Waals surface area (Å²) in [5, 5.41) is 9.11. The maximum absolute atomic E-state index is 11.5. The molecule has 0 unspecified atom stereocenters. The molecular weight excluding hydrogens is 210 g/mol. The maximum atomic E-state index is 11.5. The standard InChI is InChI=1S/C9H13N5O2/c1-14(9(15)13-8(10)11)6-4-3-5-12-7(6)16-2/h3-5H,1-2H3,(H4,10,11,13,15). The van der Waals surface area contributed by atoms with E-state index in [4.69, 9.17) is 15.9 Å². The number of ether oxygens (including phenoxy) is 1. The zero-order valence-electron chi connectivity index (χ0n) is 9.02. The van der Waals surface area contributed by atoms with Crippen LogP contribution in [0.5, 0.6) is 5.88 Å². The first kappa shape index (κ1) is 11.8. The minimum atomic E-state index is -0.529. The Labute approximate surface area is 92.7 Å². The minimum Gasteiger partial charge on any atom is -0.480 e. The third-order valence-electron chi connectivity index (χ3n) is 1.85. The number of anilines is 1. The summed E-state index contributed by atoms with van der Waals surface area (Å²) in [7, 11) is 2.99. The van der Waals surface area contributed by atoms with Crippen molar-refractivity contribution < 1.29 is 9.53 Å². The lowest BCUT2D eigenvalue weighted by molar-refractivity contribution is 0.251. The quantitative estimate of drug-likeness (QED) is 0.489. The third-order valence-corrected chi connectivity index (χ3v) is 1.85. The number of hydrogen-bond acceptors (Lipinski definition) is 4. The fourth-order valence-corrected chi connectivity index (χ4v) is 1.10. The molecule has 4 N–H and O–H groups in total. The summed E-state index contributed by atoms with van der Waals surface area (Å²) in [5.74, 6) is -0.0941. The molecule has 86 valence electrons. The van der Waals surface area contributed by atoms with Gasteiger partial charge in [0.05, 0.1) is 7.11 Å². The predicted molar refractivity (Wildman–Crippen MR) is 59.6 cm³/mol. The lowest BCUT2D eigenvalue weighted by atomic mass is 10.4. The van der Waals surface area contributed by atoms with E-state index in [1.807, 2.05) is 0 Å². The molecule has 1 rings (SSSR count). The molecule has 0 fully saturated rings. The lowest BCUT2D eigenvalue weighted by Gasteiger charge is -2.18. The number of pyridine rings is 1. The zero-order chi connectivity index (χ0) is 12.1. The molecule has 0 saturated carbocycles. The van der Waals surface area contributed by atoms with E-state index in [2.05, 4.69) is 10.3 Å².